The normalized spacial score (nSPS) is 15.0. The number of rotatable bonds is 8. The number of benzene rings is 3. The van der Waals surface area contributed by atoms with E-state index in [1.54, 1.807) is 54.4 Å². The van der Waals surface area contributed by atoms with E-state index in [-0.39, 0.29) is 16.9 Å². The quantitative estimate of drug-likeness (QED) is 0.479. The van der Waals surface area contributed by atoms with Crippen LogP contribution in [-0.2, 0) is 14.8 Å². The SMILES string of the molecule is COc1ccccc1NS(=O)(=O)c1ccc(/C=C/C(=O)N(C)CC2COc3ccccc3O2)cc1. The minimum atomic E-state index is -3.80. The van der Waals surface area contributed by atoms with Crippen molar-refractivity contribution in [3.63, 3.8) is 0 Å². The fourth-order valence-electron chi connectivity index (χ4n) is 3.53. The number of likely N-dealkylation sites (N-methyl/N-ethyl adjacent to an activating group) is 1. The number of carbonyl (C=O) groups is 1. The molecule has 1 N–H and O–H groups in total. The monoisotopic (exact) mass is 494 g/mol. The molecule has 182 valence electrons. The Balaban J connectivity index is 1.35. The number of ether oxygens (including phenoxy) is 3. The summed E-state index contributed by atoms with van der Waals surface area (Å²) in [6.45, 7) is 0.723. The highest BCUT2D eigenvalue weighted by atomic mass is 32.2. The molecule has 35 heavy (non-hydrogen) atoms. The number of fused-ring (bicyclic) bond motifs is 1. The second-order valence-corrected chi connectivity index (χ2v) is 9.61. The first-order valence-electron chi connectivity index (χ1n) is 10.9. The lowest BCUT2D eigenvalue weighted by Gasteiger charge is -2.29. The van der Waals surface area contributed by atoms with Crippen molar-refractivity contribution in [1.82, 2.24) is 4.90 Å². The molecular formula is C26H26N2O6S. The fraction of sp³-hybridized carbons (Fsp3) is 0.192. The topological polar surface area (TPSA) is 94.2 Å². The standard InChI is InChI=1S/C26H26N2O6S/c1-28(17-20-18-33-24-9-5-6-10-25(24)34-20)26(29)16-13-19-11-14-21(15-12-19)35(30,31)27-22-7-3-4-8-23(22)32-2/h3-16,20,27H,17-18H2,1-2H3/b16-13+. The van der Waals surface area contributed by atoms with Crippen LogP contribution in [-0.4, -0.2) is 52.6 Å². The number of hydrogen-bond acceptors (Lipinski definition) is 6. The lowest BCUT2D eigenvalue weighted by Crippen LogP contribution is -2.41. The van der Waals surface area contributed by atoms with Crippen LogP contribution in [0.15, 0.2) is 83.8 Å². The lowest BCUT2D eigenvalue weighted by molar-refractivity contribution is -0.126. The van der Waals surface area contributed by atoms with E-state index in [4.69, 9.17) is 14.2 Å². The van der Waals surface area contributed by atoms with Crippen molar-refractivity contribution in [2.24, 2.45) is 0 Å². The summed E-state index contributed by atoms with van der Waals surface area (Å²) in [5, 5.41) is 0. The molecule has 0 saturated heterocycles. The molecule has 3 aromatic rings. The Labute approximate surface area is 204 Å². The van der Waals surface area contributed by atoms with Crippen LogP contribution in [0.3, 0.4) is 0 Å². The van der Waals surface area contributed by atoms with Gasteiger partial charge < -0.3 is 19.1 Å². The Hall–Kier alpha value is -3.98. The van der Waals surface area contributed by atoms with Gasteiger partial charge in [-0.1, -0.05) is 36.4 Å². The predicted molar refractivity (Wildman–Crippen MR) is 133 cm³/mol. The van der Waals surface area contributed by atoms with Crippen LogP contribution in [0.1, 0.15) is 5.56 Å². The first-order valence-corrected chi connectivity index (χ1v) is 12.4. The molecule has 1 aliphatic heterocycles. The number of methoxy groups -OCH3 is 1. The van der Waals surface area contributed by atoms with Gasteiger partial charge in [0, 0.05) is 13.1 Å². The summed E-state index contributed by atoms with van der Waals surface area (Å²) in [6, 6.07) is 20.4. The van der Waals surface area contributed by atoms with Crippen LogP contribution < -0.4 is 18.9 Å². The molecule has 9 heteroatoms. The second-order valence-electron chi connectivity index (χ2n) is 7.92. The van der Waals surface area contributed by atoms with Crippen LogP contribution >= 0.6 is 0 Å². The summed E-state index contributed by atoms with van der Waals surface area (Å²) in [5.74, 6) is 1.58. The van der Waals surface area contributed by atoms with Crippen molar-refractivity contribution in [2.45, 2.75) is 11.0 Å². The maximum absolute atomic E-state index is 12.7. The molecule has 0 aromatic heterocycles. The maximum Gasteiger partial charge on any atom is 0.262 e. The van der Waals surface area contributed by atoms with Crippen molar-refractivity contribution in [1.29, 1.82) is 0 Å². The highest BCUT2D eigenvalue weighted by Gasteiger charge is 2.23. The third kappa shape index (κ3) is 5.93. The largest absolute Gasteiger partial charge is 0.495 e. The Kier molecular flexibility index (Phi) is 7.26. The van der Waals surface area contributed by atoms with E-state index in [0.29, 0.717) is 41.7 Å². The highest BCUT2D eigenvalue weighted by molar-refractivity contribution is 7.92. The maximum atomic E-state index is 12.7. The second kappa shape index (κ2) is 10.5. The zero-order chi connectivity index (χ0) is 24.8. The minimum Gasteiger partial charge on any atom is -0.495 e. The number of sulfonamides is 1. The van der Waals surface area contributed by atoms with Crippen LogP contribution in [0, 0.1) is 0 Å². The molecule has 1 unspecified atom stereocenters. The number of carbonyl (C=O) groups excluding carboxylic acids is 1. The van der Waals surface area contributed by atoms with Gasteiger partial charge in [-0.15, -0.1) is 0 Å². The summed E-state index contributed by atoms with van der Waals surface area (Å²) in [4.78, 5) is 14.2. The Bertz CT molecular complexity index is 1320. The molecular weight excluding hydrogens is 468 g/mol. The number of anilines is 1. The number of nitrogens with zero attached hydrogens (tertiary/aromatic N) is 1. The van der Waals surface area contributed by atoms with Gasteiger partial charge in [-0.2, -0.15) is 0 Å². The minimum absolute atomic E-state index is 0.0960. The fourth-order valence-corrected chi connectivity index (χ4v) is 4.60. The molecule has 1 amide bonds. The third-order valence-electron chi connectivity index (χ3n) is 5.38. The van der Waals surface area contributed by atoms with Crippen LogP contribution in [0.2, 0.25) is 0 Å². The molecule has 8 nitrogen and oxygen atoms in total. The van der Waals surface area contributed by atoms with Gasteiger partial charge in [-0.25, -0.2) is 8.42 Å². The average molecular weight is 495 g/mol. The molecule has 0 fully saturated rings. The number of nitrogens with one attached hydrogen (secondary N) is 1. The summed E-state index contributed by atoms with van der Waals surface area (Å²) in [5.41, 5.74) is 1.04. The van der Waals surface area contributed by atoms with Gasteiger partial charge in [-0.3, -0.25) is 9.52 Å². The van der Waals surface area contributed by atoms with Crippen molar-refractivity contribution >= 4 is 27.7 Å². The van der Waals surface area contributed by atoms with Crippen LogP contribution in [0.4, 0.5) is 5.69 Å². The molecule has 1 atom stereocenters. The molecule has 0 saturated carbocycles. The van der Waals surface area contributed by atoms with Gasteiger partial charge in [0.2, 0.25) is 5.91 Å². The Morgan fingerprint density at radius 2 is 1.74 bits per heavy atom. The third-order valence-corrected chi connectivity index (χ3v) is 6.76. The van der Waals surface area contributed by atoms with Crippen molar-refractivity contribution < 1.29 is 27.4 Å². The van der Waals surface area contributed by atoms with Gasteiger partial charge >= 0.3 is 0 Å². The molecule has 0 radical (unpaired) electrons. The lowest BCUT2D eigenvalue weighted by atomic mass is 10.2. The van der Waals surface area contributed by atoms with E-state index in [1.165, 1.54) is 25.3 Å². The van der Waals surface area contributed by atoms with Crippen molar-refractivity contribution in [2.75, 3.05) is 32.0 Å². The van der Waals surface area contributed by atoms with E-state index in [1.807, 2.05) is 24.3 Å². The van der Waals surface area contributed by atoms with E-state index in [2.05, 4.69) is 4.72 Å². The van der Waals surface area contributed by atoms with E-state index < -0.39 is 10.0 Å². The first-order chi connectivity index (χ1) is 16.9. The van der Waals surface area contributed by atoms with Gasteiger partial charge in [0.15, 0.2) is 17.6 Å². The summed E-state index contributed by atoms with van der Waals surface area (Å²) in [6.07, 6.45) is 2.80. The highest BCUT2D eigenvalue weighted by Crippen LogP contribution is 2.31. The molecule has 0 spiro atoms. The predicted octanol–water partition coefficient (Wildman–Crippen LogP) is 3.81. The van der Waals surface area contributed by atoms with Gasteiger partial charge in [-0.05, 0) is 48.0 Å². The smallest absolute Gasteiger partial charge is 0.262 e. The van der Waals surface area contributed by atoms with Crippen molar-refractivity contribution in [3.05, 3.63) is 84.4 Å². The van der Waals surface area contributed by atoms with Crippen LogP contribution in [0.25, 0.3) is 6.08 Å². The molecule has 1 heterocycles. The Morgan fingerprint density at radius 1 is 1.06 bits per heavy atom. The zero-order valence-electron chi connectivity index (χ0n) is 19.4. The average Bonchev–Trinajstić information content (AvgIpc) is 2.87. The molecule has 0 bridgehead atoms. The molecule has 4 rings (SSSR count). The number of hydrogen-bond donors (Lipinski definition) is 1. The summed E-state index contributed by atoms with van der Waals surface area (Å²) < 4.78 is 44.8. The first kappa shape index (κ1) is 24.2. The number of amides is 1. The van der Waals surface area contributed by atoms with Crippen molar-refractivity contribution in [3.8, 4) is 17.2 Å². The zero-order valence-corrected chi connectivity index (χ0v) is 20.2. The van der Waals surface area contributed by atoms with Gasteiger partial charge in [0.05, 0.1) is 24.2 Å². The van der Waals surface area contributed by atoms with Gasteiger partial charge in [0.1, 0.15) is 12.4 Å². The molecule has 0 aliphatic carbocycles. The Morgan fingerprint density at radius 3 is 2.49 bits per heavy atom. The van der Waals surface area contributed by atoms with E-state index in [9.17, 15) is 13.2 Å². The van der Waals surface area contributed by atoms with E-state index in [0.717, 1.165) is 0 Å². The van der Waals surface area contributed by atoms with Gasteiger partial charge in [0.25, 0.3) is 10.0 Å². The van der Waals surface area contributed by atoms with E-state index >= 15 is 0 Å². The molecule has 3 aromatic carbocycles. The number of para-hydroxylation sites is 4. The van der Waals surface area contributed by atoms with Crippen LogP contribution in [0.5, 0.6) is 17.2 Å². The molecule has 1 aliphatic rings. The summed E-state index contributed by atoms with van der Waals surface area (Å²) >= 11 is 0. The summed E-state index contributed by atoms with van der Waals surface area (Å²) in [7, 11) is -0.636.